The van der Waals surface area contributed by atoms with Crippen LogP contribution in [0.4, 0.5) is 0 Å². The lowest BCUT2D eigenvalue weighted by Crippen LogP contribution is -2.27. The Morgan fingerprint density at radius 1 is 1.22 bits per heavy atom. The van der Waals surface area contributed by atoms with Gasteiger partial charge in [0.25, 0.3) is 11.8 Å². The number of hydrogen-bond donors (Lipinski definition) is 0. The molecule has 1 aliphatic heterocycles. The molecule has 0 aliphatic carbocycles. The molecule has 32 heavy (non-hydrogen) atoms. The van der Waals surface area contributed by atoms with Crippen LogP contribution in [0.25, 0.3) is 22.8 Å². The molecule has 0 N–H and O–H groups in total. The van der Waals surface area contributed by atoms with Gasteiger partial charge >= 0.3 is 0 Å². The monoisotopic (exact) mass is 440 g/mol. The SMILES string of the molecule is COCCCOc1cc2c(nc1OC)-c1cc(=O)c(-c3nc(C)no3)cn1[C@H](C(C)C)C2. The lowest BCUT2D eigenvalue weighted by Gasteiger charge is -2.33. The second-order valence-corrected chi connectivity index (χ2v) is 8.20. The molecule has 0 fully saturated rings. The van der Waals surface area contributed by atoms with E-state index in [1.165, 1.54) is 0 Å². The fourth-order valence-corrected chi connectivity index (χ4v) is 3.99. The summed E-state index contributed by atoms with van der Waals surface area (Å²) in [6.45, 7) is 7.16. The quantitative estimate of drug-likeness (QED) is 0.491. The summed E-state index contributed by atoms with van der Waals surface area (Å²) in [6, 6.07) is 3.69. The molecule has 0 amide bonds. The molecule has 0 saturated heterocycles. The number of fused-ring (bicyclic) bond motifs is 3. The molecule has 1 aliphatic rings. The number of rotatable bonds is 8. The van der Waals surface area contributed by atoms with Gasteiger partial charge in [-0.1, -0.05) is 19.0 Å². The van der Waals surface area contributed by atoms with Gasteiger partial charge in [0, 0.05) is 38.4 Å². The highest BCUT2D eigenvalue weighted by molar-refractivity contribution is 5.67. The van der Waals surface area contributed by atoms with Gasteiger partial charge in [-0.15, -0.1) is 0 Å². The number of aromatic nitrogens is 4. The summed E-state index contributed by atoms with van der Waals surface area (Å²) < 4.78 is 23.9. The van der Waals surface area contributed by atoms with E-state index in [1.807, 2.05) is 12.3 Å². The second-order valence-electron chi connectivity index (χ2n) is 8.20. The number of hydrogen-bond acceptors (Lipinski definition) is 8. The minimum atomic E-state index is -0.198. The maximum absolute atomic E-state index is 13.0. The Kier molecular flexibility index (Phi) is 6.27. The molecule has 3 aromatic rings. The first-order valence-corrected chi connectivity index (χ1v) is 10.7. The van der Waals surface area contributed by atoms with Crippen LogP contribution < -0.4 is 14.9 Å². The normalized spacial score (nSPS) is 14.9. The number of aryl methyl sites for hydroxylation is 1. The molecule has 0 unspecified atom stereocenters. The molecule has 3 aromatic heterocycles. The average Bonchev–Trinajstić information content (AvgIpc) is 3.21. The molecule has 0 aromatic carbocycles. The van der Waals surface area contributed by atoms with Crippen molar-refractivity contribution in [3.63, 3.8) is 0 Å². The van der Waals surface area contributed by atoms with Crippen molar-refractivity contribution in [2.24, 2.45) is 5.92 Å². The largest absolute Gasteiger partial charge is 0.488 e. The Morgan fingerprint density at radius 3 is 2.69 bits per heavy atom. The predicted octanol–water partition coefficient (Wildman–Crippen LogP) is 3.45. The van der Waals surface area contributed by atoms with Crippen molar-refractivity contribution in [1.29, 1.82) is 0 Å². The van der Waals surface area contributed by atoms with Crippen molar-refractivity contribution < 1.29 is 18.7 Å². The Balaban J connectivity index is 1.81. The van der Waals surface area contributed by atoms with Gasteiger partial charge in [0.1, 0.15) is 5.56 Å². The van der Waals surface area contributed by atoms with E-state index < -0.39 is 0 Å². The van der Waals surface area contributed by atoms with Crippen molar-refractivity contribution >= 4 is 0 Å². The first-order valence-electron chi connectivity index (χ1n) is 10.7. The molecule has 170 valence electrons. The summed E-state index contributed by atoms with van der Waals surface area (Å²) >= 11 is 0. The standard InChI is InChI=1S/C23H28N4O5/c1-13(2)17-9-15-10-20(31-8-6-7-29-4)23(30-5)25-21(15)18-11-19(28)16(12-27(17)18)22-24-14(3)26-32-22/h10-13,17H,6-9H2,1-5H3/t17-/m0/s1. The second kappa shape index (κ2) is 9.12. The zero-order valence-electron chi connectivity index (χ0n) is 19.0. The molecule has 0 radical (unpaired) electrons. The molecule has 0 saturated carbocycles. The summed E-state index contributed by atoms with van der Waals surface area (Å²) in [5, 5.41) is 3.82. The van der Waals surface area contributed by atoms with Gasteiger partial charge in [-0.3, -0.25) is 4.79 Å². The van der Waals surface area contributed by atoms with Gasteiger partial charge in [-0.05, 0) is 30.9 Å². The molecule has 0 spiro atoms. The summed E-state index contributed by atoms with van der Waals surface area (Å²) in [5.74, 6) is 2.01. The predicted molar refractivity (Wildman–Crippen MR) is 118 cm³/mol. The van der Waals surface area contributed by atoms with E-state index >= 15 is 0 Å². The van der Waals surface area contributed by atoms with Crippen molar-refractivity contribution in [2.75, 3.05) is 27.4 Å². The minimum Gasteiger partial charge on any atom is -0.488 e. The van der Waals surface area contributed by atoms with Gasteiger partial charge in [0.2, 0.25) is 0 Å². The minimum absolute atomic E-state index is 0.123. The van der Waals surface area contributed by atoms with Crippen LogP contribution in [0.1, 0.15) is 37.7 Å². The van der Waals surface area contributed by atoms with E-state index in [2.05, 4.69) is 28.6 Å². The third kappa shape index (κ3) is 4.12. The Labute approximate surface area is 186 Å². The molecular weight excluding hydrogens is 412 g/mol. The van der Waals surface area contributed by atoms with Gasteiger partial charge in [0.15, 0.2) is 17.0 Å². The van der Waals surface area contributed by atoms with Gasteiger partial charge < -0.3 is 23.3 Å². The molecule has 9 heteroatoms. The average molecular weight is 441 g/mol. The summed E-state index contributed by atoms with van der Waals surface area (Å²) in [5.41, 5.74) is 2.66. The molecule has 9 nitrogen and oxygen atoms in total. The first kappa shape index (κ1) is 22.0. The summed E-state index contributed by atoms with van der Waals surface area (Å²) in [6.07, 6.45) is 3.32. The third-order valence-electron chi connectivity index (χ3n) is 5.61. The van der Waals surface area contributed by atoms with Crippen LogP contribution in [0.5, 0.6) is 11.6 Å². The van der Waals surface area contributed by atoms with Crippen LogP contribution in [-0.4, -0.2) is 47.1 Å². The number of pyridine rings is 2. The van der Waals surface area contributed by atoms with Crippen LogP contribution in [0.3, 0.4) is 0 Å². The zero-order valence-corrected chi connectivity index (χ0v) is 19.0. The van der Waals surface area contributed by atoms with Gasteiger partial charge in [0.05, 0.1) is 25.1 Å². The van der Waals surface area contributed by atoms with Crippen LogP contribution in [0, 0.1) is 12.8 Å². The summed E-state index contributed by atoms with van der Waals surface area (Å²) in [4.78, 5) is 21.9. The van der Waals surface area contributed by atoms with Crippen molar-refractivity contribution in [3.8, 4) is 34.5 Å². The maximum Gasteiger partial charge on any atom is 0.263 e. The Hall–Kier alpha value is -3.20. The highest BCUT2D eigenvalue weighted by Gasteiger charge is 2.30. The highest BCUT2D eigenvalue weighted by atomic mass is 16.5. The Bertz CT molecular complexity index is 1170. The summed E-state index contributed by atoms with van der Waals surface area (Å²) in [7, 11) is 3.22. The number of ether oxygens (including phenoxy) is 3. The number of methoxy groups -OCH3 is 2. The molecule has 0 bridgehead atoms. The van der Waals surface area contributed by atoms with E-state index in [1.54, 1.807) is 27.2 Å². The van der Waals surface area contributed by atoms with Gasteiger partial charge in [-0.25, -0.2) is 4.98 Å². The van der Waals surface area contributed by atoms with Gasteiger partial charge in [-0.2, -0.15) is 4.98 Å². The van der Waals surface area contributed by atoms with Crippen LogP contribution in [0.2, 0.25) is 0 Å². The fourth-order valence-electron chi connectivity index (χ4n) is 3.99. The molecule has 4 rings (SSSR count). The number of nitrogens with zero attached hydrogens (tertiary/aromatic N) is 4. The lowest BCUT2D eigenvalue weighted by atomic mass is 9.89. The topological polar surface area (TPSA) is 102 Å². The van der Waals surface area contributed by atoms with Crippen molar-refractivity contribution in [1.82, 2.24) is 19.7 Å². The van der Waals surface area contributed by atoms with E-state index in [0.717, 1.165) is 24.1 Å². The van der Waals surface area contributed by atoms with E-state index in [0.29, 0.717) is 47.8 Å². The lowest BCUT2D eigenvalue weighted by molar-refractivity contribution is 0.170. The van der Waals surface area contributed by atoms with E-state index in [-0.39, 0.29) is 17.4 Å². The van der Waals surface area contributed by atoms with E-state index in [9.17, 15) is 4.79 Å². The maximum atomic E-state index is 13.0. The fraction of sp³-hybridized carbons (Fsp3) is 0.478. The van der Waals surface area contributed by atoms with Crippen LogP contribution >= 0.6 is 0 Å². The Morgan fingerprint density at radius 2 is 2.03 bits per heavy atom. The zero-order chi connectivity index (χ0) is 22.8. The molecular formula is C23H28N4O5. The smallest absolute Gasteiger partial charge is 0.263 e. The van der Waals surface area contributed by atoms with E-state index in [4.69, 9.17) is 23.7 Å². The van der Waals surface area contributed by atoms with Crippen LogP contribution in [-0.2, 0) is 11.2 Å². The van der Waals surface area contributed by atoms with Crippen molar-refractivity contribution in [3.05, 3.63) is 39.9 Å². The third-order valence-corrected chi connectivity index (χ3v) is 5.61. The molecule has 1 atom stereocenters. The first-order chi connectivity index (χ1) is 15.4. The van der Waals surface area contributed by atoms with Crippen LogP contribution in [0.15, 0.2) is 27.6 Å². The van der Waals surface area contributed by atoms with Crippen molar-refractivity contribution in [2.45, 2.75) is 39.7 Å². The highest BCUT2D eigenvalue weighted by Crippen LogP contribution is 2.41. The molecule has 4 heterocycles.